The van der Waals surface area contributed by atoms with Gasteiger partial charge in [-0.2, -0.15) is 0 Å². The Kier molecular flexibility index (Phi) is 9.83. The molecular weight excluding hydrogens is 496 g/mol. The second-order valence-electron chi connectivity index (χ2n) is 13.1. The van der Waals surface area contributed by atoms with Gasteiger partial charge in [0.05, 0.1) is 18.9 Å². The summed E-state index contributed by atoms with van der Waals surface area (Å²) in [4.78, 5) is 55.1. The predicted molar refractivity (Wildman–Crippen MR) is 148 cm³/mol. The first-order chi connectivity index (χ1) is 18.2. The molecule has 0 bridgehead atoms. The first-order valence-corrected chi connectivity index (χ1v) is 14.2. The SMILES string of the molecule is CCOC(=O)C1[C@H]2CCC[C@H]2CN1C(=O)[C@@H](NC(=O)[C@@H](CC(=O)OCc1ccccc1)C(C)(C)C)C(C)(C)C. The van der Waals surface area contributed by atoms with Crippen molar-refractivity contribution < 1.29 is 28.7 Å². The minimum atomic E-state index is -0.869. The van der Waals surface area contributed by atoms with Gasteiger partial charge in [-0.3, -0.25) is 14.4 Å². The normalized spacial score (nSPS) is 22.5. The van der Waals surface area contributed by atoms with Gasteiger partial charge in [-0.05, 0) is 48.0 Å². The number of nitrogens with zero attached hydrogens (tertiary/aromatic N) is 1. The number of benzene rings is 1. The Morgan fingerprint density at radius 1 is 0.974 bits per heavy atom. The number of hydrogen-bond donors (Lipinski definition) is 1. The summed E-state index contributed by atoms with van der Waals surface area (Å²) in [6.07, 6.45) is 2.81. The first kappa shape index (κ1) is 30.6. The summed E-state index contributed by atoms with van der Waals surface area (Å²) in [6.45, 7) is 14.0. The van der Waals surface area contributed by atoms with Crippen molar-refractivity contribution in [2.45, 2.75) is 92.8 Å². The molecule has 1 saturated carbocycles. The molecule has 1 aliphatic carbocycles. The number of rotatable bonds is 9. The van der Waals surface area contributed by atoms with E-state index in [1.807, 2.05) is 71.9 Å². The van der Waals surface area contributed by atoms with Crippen LogP contribution in [0.1, 0.15) is 79.7 Å². The molecular formula is C31H46N2O6. The molecule has 1 unspecified atom stereocenters. The van der Waals surface area contributed by atoms with Crippen molar-refractivity contribution in [1.82, 2.24) is 10.2 Å². The largest absolute Gasteiger partial charge is 0.464 e. The van der Waals surface area contributed by atoms with Crippen LogP contribution in [0.25, 0.3) is 0 Å². The Morgan fingerprint density at radius 3 is 2.23 bits per heavy atom. The Bertz CT molecular complexity index is 1030. The highest BCUT2D eigenvalue weighted by molar-refractivity contribution is 5.93. The standard InChI is InChI=1S/C31H46N2O6/c1-8-38-29(37)25-22-16-12-15-21(22)18-33(25)28(36)26(31(5,6)7)32-27(35)23(30(2,3)4)17-24(34)39-19-20-13-10-9-11-14-20/h9-11,13-14,21-23,25-26H,8,12,15-19H2,1-7H3,(H,32,35)/t21-,22-,23+,25?,26+/m0/s1. The molecule has 1 aromatic rings. The highest BCUT2D eigenvalue weighted by atomic mass is 16.5. The third-order valence-electron chi connectivity index (χ3n) is 8.08. The van der Waals surface area contributed by atoms with Crippen LogP contribution >= 0.6 is 0 Å². The van der Waals surface area contributed by atoms with Crippen LogP contribution in [0.5, 0.6) is 0 Å². The van der Waals surface area contributed by atoms with E-state index in [9.17, 15) is 19.2 Å². The first-order valence-electron chi connectivity index (χ1n) is 14.2. The lowest BCUT2D eigenvalue weighted by Gasteiger charge is -2.38. The summed E-state index contributed by atoms with van der Waals surface area (Å²) in [5.41, 5.74) is -0.313. The molecule has 216 valence electrons. The summed E-state index contributed by atoms with van der Waals surface area (Å²) in [6, 6.07) is 7.88. The third-order valence-corrected chi connectivity index (χ3v) is 8.08. The lowest BCUT2D eigenvalue weighted by Crippen LogP contribution is -2.59. The van der Waals surface area contributed by atoms with Gasteiger partial charge in [-0.25, -0.2) is 4.79 Å². The number of carbonyl (C=O) groups excluding carboxylic acids is 4. The topological polar surface area (TPSA) is 102 Å². The Balaban J connectivity index is 1.77. The predicted octanol–water partition coefficient (Wildman–Crippen LogP) is 4.50. The Labute approximate surface area is 233 Å². The molecule has 8 nitrogen and oxygen atoms in total. The summed E-state index contributed by atoms with van der Waals surface area (Å²) < 4.78 is 10.8. The highest BCUT2D eigenvalue weighted by Crippen LogP contribution is 2.43. The van der Waals surface area contributed by atoms with Crippen molar-refractivity contribution >= 4 is 23.8 Å². The molecule has 39 heavy (non-hydrogen) atoms. The maximum Gasteiger partial charge on any atom is 0.329 e. The van der Waals surface area contributed by atoms with E-state index < -0.39 is 34.8 Å². The van der Waals surface area contributed by atoms with Crippen molar-refractivity contribution in [1.29, 1.82) is 0 Å². The van der Waals surface area contributed by atoms with Gasteiger partial charge in [0.2, 0.25) is 11.8 Å². The quantitative estimate of drug-likeness (QED) is 0.461. The van der Waals surface area contributed by atoms with E-state index in [2.05, 4.69) is 5.32 Å². The van der Waals surface area contributed by atoms with Crippen LogP contribution < -0.4 is 5.32 Å². The van der Waals surface area contributed by atoms with Crippen molar-refractivity contribution in [2.75, 3.05) is 13.2 Å². The fraction of sp³-hybridized carbons (Fsp3) is 0.677. The number of likely N-dealkylation sites (tertiary alicyclic amines) is 1. The van der Waals surface area contributed by atoms with Crippen molar-refractivity contribution in [3.05, 3.63) is 35.9 Å². The van der Waals surface area contributed by atoms with E-state index in [0.717, 1.165) is 24.8 Å². The summed E-state index contributed by atoms with van der Waals surface area (Å²) in [5, 5.41) is 2.99. The molecule has 1 saturated heterocycles. The lowest BCUT2D eigenvalue weighted by molar-refractivity contribution is -0.157. The van der Waals surface area contributed by atoms with Gasteiger partial charge in [0.15, 0.2) is 0 Å². The van der Waals surface area contributed by atoms with E-state index in [-0.39, 0.29) is 49.3 Å². The van der Waals surface area contributed by atoms with Crippen LogP contribution in [-0.4, -0.2) is 53.9 Å². The number of hydrogen-bond acceptors (Lipinski definition) is 6. The van der Waals surface area contributed by atoms with Crippen LogP contribution in [0, 0.1) is 28.6 Å². The van der Waals surface area contributed by atoms with Crippen LogP contribution in [0.15, 0.2) is 30.3 Å². The molecule has 1 aromatic carbocycles. The molecule has 0 spiro atoms. The van der Waals surface area contributed by atoms with Gasteiger partial charge < -0.3 is 19.7 Å². The van der Waals surface area contributed by atoms with Gasteiger partial charge >= 0.3 is 11.9 Å². The summed E-state index contributed by atoms with van der Waals surface area (Å²) in [5.74, 6) is -1.85. The van der Waals surface area contributed by atoms with Gasteiger partial charge in [0.25, 0.3) is 0 Å². The van der Waals surface area contributed by atoms with Crippen molar-refractivity contribution in [3.8, 4) is 0 Å². The maximum atomic E-state index is 14.0. The molecule has 0 radical (unpaired) electrons. The summed E-state index contributed by atoms with van der Waals surface area (Å²) in [7, 11) is 0. The minimum absolute atomic E-state index is 0.0889. The van der Waals surface area contributed by atoms with Crippen LogP contribution in [0.2, 0.25) is 0 Å². The average molecular weight is 543 g/mol. The van der Waals surface area contributed by atoms with Crippen molar-refractivity contribution in [2.24, 2.45) is 28.6 Å². The van der Waals surface area contributed by atoms with E-state index in [0.29, 0.717) is 6.54 Å². The van der Waals surface area contributed by atoms with Crippen LogP contribution in [-0.2, 0) is 35.3 Å². The zero-order valence-corrected chi connectivity index (χ0v) is 24.6. The van der Waals surface area contributed by atoms with E-state index >= 15 is 0 Å². The number of carbonyl (C=O) groups is 4. The molecule has 5 atom stereocenters. The maximum absolute atomic E-state index is 14.0. The molecule has 1 N–H and O–H groups in total. The third kappa shape index (κ3) is 7.61. The number of ether oxygens (including phenoxy) is 2. The molecule has 0 aromatic heterocycles. The number of nitrogens with one attached hydrogen (secondary N) is 1. The van der Waals surface area contributed by atoms with Crippen molar-refractivity contribution in [3.63, 3.8) is 0 Å². The molecule has 1 heterocycles. The van der Waals surface area contributed by atoms with Gasteiger partial charge in [0.1, 0.15) is 18.7 Å². The smallest absolute Gasteiger partial charge is 0.329 e. The average Bonchev–Trinajstić information content (AvgIpc) is 3.45. The molecule has 2 fully saturated rings. The second kappa shape index (κ2) is 12.5. The minimum Gasteiger partial charge on any atom is -0.464 e. The fourth-order valence-corrected chi connectivity index (χ4v) is 5.88. The van der Waals surface area contributed by atoms with Crippen LogP contribution in [0.4, 0.5) is 0 Å². The molecule has 8 heteroatoms. The van der Waals surface area contributed by atoms with E-state index in [1.165, 1.54) is 0 Å². The monoisotopic (exact) mass is 542 g/mol. The molecule has 2 amide bonds. The van der Waals surface area contributed by atoms with Gasteiger partial charge in [0, 0.05) is 6.54 Å². The fourth-order valence-electron chi connectivity index (χ4n) is 5.88. The van der Waals surface area contributed by atoms with E-state index in [1.54, 1.807) is 11.8 Å². The van der Waals surface area contributed by atoms with Crippen LogP contribution in [0.3, 0.4) is 0 Å². The zero-order chi connectivity index (χ0) is 29.0. The molecule has 3 rings (SSSR count). The second-order valence-corrected chi connectivity index (χ2v) is 13.1. The summed E-state index contributed by atoms with van der Waals surface area (Å²) >= 11 is 0. The number of amides is 2. The molecule has 1 aliphatic heterocycles. The Morgan fingerprint density at radius 2 is 1.64 bits per heavy atom. The van der Waals surface area contributed by atoms with E-state index in [4.69, 9.17) is 9.47 Å². The van der Waals surface area contributed by atoms with Gasteiger partial charge in [-0.1, -0.05) is 78.3 Å². The Hall–Kier alpha value is -2.90. The zero-order valence-electron chi connectivity index (χ0n) is 24.6. The van der Waals surface area contributed by atoms with Gasteiger partial charge in [-0.15, -0.1) is 0 Å². The highest BCUT2D eigenvalue weighted by Gasteiger charge is 2.52. The number of fused-ring (bicyclic) bond motifs is 1. The number of esters is 2. The molecule has 2 aliphatic rings. The lowest BCUT2D eigenvalue weighted by atomic mass is 9.77.